The molecule has 5 rings (SSSR count). The second kappa shape index (κ2) is 8.66. The van der Waals surface area contributed by atoms with Gasteiger partial charge in [0.1, 0.15) is 12.1 Å². The molecule has 3 aromatic carbocycles. The topological polar surface area (TPSA) is 75.6 Å². The maximum atomic E-state index is 13.3. The van der Waals surface area contributed by atoms with Crippen LogP contribution in [-0.4, -0.2) is 27.0 Å². The van der Waals surface area contributed by atoms with Gasteiger partial charge in [-0.3, -0.25) is 0 Å². The van der Waals surface area contributed by atoms with Crippen LogP contribution in [0.15, 0.2) is 61.1 Å². The highest BCUT2D eigenvalue weighted by atomic mass is 35.5. The highest BCUT2D eigenvalue weighted by Gasteiger charge is 2.33. The van der Waals surface area contributed by atoms with Crippen LogP contribution in [0.5, 0.6) is 0 Å². The Kier molecular flexibility index (Phi) is 5.64. The lowest BCUT2D eigenvalue weighted by Crippen LogP contribution is -2.07. The van der Waals surface area contributed by atoms with E-state index in [1.165, 1.54) is 18.5 Å². The Hall–Kier alpha value is -3.98. The lowest BCUT2D eigenvalue weighted by atomic mass is 9.96. The van der Waals surface area contributed by atoms with Gasteiger partial charge in [-0.05, 0) is 54.4 Å². The lowest BCUT2D eigenvalue weighted by Gasteiger charge is -2.15. The molecule has 0 fully saturated rings. The third kappa shape index (κ3) is 4.30. The first-order valence-corrected chi connectivity index (χ1v) is 11.0. The molecule has 0 atom stereocenters. The van der Waals surface area contributed by atoms with E-state index in [0.29, 0.717) is 22.7 Å². The summed E-state index contributed by atoms with van der Waals surface area (Å²) in [5.74, 6) is 0.917. The molecule has 0 aliphatic heterocycles. The molecule has 6 nitrogen and oxygen atoms in total. The molecule has 2 heterocycles. The summed E-state index contributed by atoms with van der Waals surface area (Å²) in [6, 6.07) is 13.3. The fraction of sp³-hybridized carbons (Fsp3) is 0.120. The van der Waals surface area contributed by atoms with Gasteiger partial charge in [0.15, 0.2) is 0 Å². The van der Waals surface area contributed by atoms with Crippen molar-refractivity contribution in [2.45, 2.75) is 13.1 Å². The molecule has 35 heavy (non-hydrogen) atoms. The molecule has 0 aliphatic rings. The highest BCUT2D eigenvalue weighted by Crippen LogP contribution is 2.38. The van der Waals surface area contributed by atoms with E-state index in [9.17, 15) is 13.2 Å². The molecule has 0 amide bonds. The van der Waals surface area contributed by atoms with Gasteiger partial charge in [0.25, 0.3) is 0 Å². The Morgan fingerprint density at radius 1 is 0.943 bits per heavy atom. The van der Waals surface area contributed by atoms with Gasteiger partial charge < -0.3 is 10.6 Å². The number of alkyl halides is 3. The van der Waals surface area contributed by atoms with Crippen molar-refractivity contribution >= 4 is 50.9 Å². The van der Waals surface area contributed by atoms with Crippen LogP contribution < -0.4 is 10.6 Å². The summed E-state index contributed by atoms with van der Waals surface area (Å²) in [4.78, 5) is 17.5. The minimum atomic E-state index is -4.57. The van der Waals surface area contributed by atoms with E-state index in [-0.39, 0.29) is 10.7 Å². The van der Waals surface area contributed by atoms with Crippen LogP contribution in [0, 0.1) is 6.92 Å². The monoisotopic (exact) mass is 494 g/mol. The number of anilines is 3. The summed E-state index contributed by atoms with van der Waals surface area (Å²) in [7, 11) is 1.76. The second-order valence-corrected chi connectivity index (χ2v) is 8.32. The second-order valence-electron chi connectivity index (χ2n) is 7.91. The average Bonchev–Trinajstić information content (AvgIpc) is 2.84. The Bertz CT molecular complexity index is 1590. The quantitative estimate of drug-likeness (QED) is 0.280. The first-order valence-electron chi connectivity index (χ1n) is 10.6. The molecule has 0 bridgehead atoms. The van der Waals surface area contributed by atoms with E-state index in [2.05, 4.69) is 30.6 Å². The molecule has 10 heteroatoms. The van der Waals surface area contributed by atoms with Crippen molar-refractivity contribution in [3.05, 3.63) is 77.2 Å². The van der Waals surface area contributed by atoms with Crippen LogP contribution in [0.3, 0.4) is 0 Å². The molecule has 0 saturated heterocycles. The van der Waals surface area contributed by atoms with Crippen molar-refractivity contribution in [2.24, 2.45) is 0 Å². The summed E-state index contributed by atoms with van der Waals surface area (Å²) in [5, 5.41) is 7.08. The molecular weight excluding hydrogens is 477 g/mol. The van der Waals surface area contributed by atoms with Gasteiger partial charge in [0.2, 0.25) is 5.95 Å². The van der Waals surface area contributed by atoms with E-state index in [0.717, 1.165) is 33.7 Å². The van der Waals surface area contributed by atoms with Crippen LogP contribution in [0.1, 0.15) is 11.1 Å². The van der Waals surface area contributed by atoms with Crippen molar-refractivity contribution in [3.8, 4) is 11.1 Å². The number of hydrogen-bond acceptors (Lipinski definition) is 6. The van der Waals surface area contributed by atoms with E-state index in [1.807, 2.05) is 37.3 Å². The van der Waals surface area contributed by atoms with Gasteiger partial charge in [-0.15, -0.1) is 0 Å². The number of hydrogen-bond donors (Lipinski definition) is 2. The number of halogens is 4. The zero-order valence-electron chi connectivity index (χ0n) is 18.6. The number of nitrogens with one attached hydrogen (secondary N) is 2. The predicted octanol–water partition coefficient (Wildman–Crippen LogP) is 7.01. The van der Waals surface area contributed by atoms with Crippen molar-refractivity contribution < 1.29 is 13.2 Å². The molecule has 2 aromatic heterocycles. The van der Waals surface area contributed by atoms with Gasteiger partial charge in [0, 0.05) is 35.3 Å². The Morgan fingerprint density at radius 2 is 1.77 bits per heavy atom. The van der Waals surface area contributed by atoms with Crippen LogP contribution in [0.2, 0.25) is 5.02 Å². The third-order valence-electron chi connectivity index (χ3n) is 5.64. The first-order chi connectivity index (χ1) is 16.7. The molecule has 2 N–H and O–H groups in total. The Morgan fingerprint density at radius 3 is 2.54 bits per heavy atom. The molecular formula is C25H18ClF3N6. The minimum Gasteiger partial charge on any atom is -0.357 e. The number of aromatic nitrogens is 4. The third-order valence-corrected chi connectivity index (χ3v) is 5.97. The summed E-state index contributed by atoms with van der Waals surface area (Å²) < 4.78 is 39.9. The van der Waals surface area contributed by atoms with Crippen LogP contribution in [-0.2, 0) is 6.18 Å². The summed E-state index contributed by atoms with van der Waals surface area (Å²) in [6.07, 6.45) is -1.43. The van der Waals surface area contributed by atoms with E-state index >= 15 is 0 Å². The largest absolute Gasteiger partial charge is 0.417 e. The van der Waals surface area contributed by atoms with E-state index in [1.54, 1.807) is 13.2 Å². The Labute approximate surface area is 203 Å². The van der Waals surface area contributed by atoms with Crippen LogP contribution >= 0.6 is 11.6 Å². The van der Waals surface area contributed by atoms with Crippen molar-refractivity contribution in [1.29, 1.82) is 0 Å². The van der Waals surface area contributed by atoms with Gasteiger partial charge in [-0.25, -0.2) is 19.9 Å². The SMILES string of the molecule is CNc1ncc2cc(-c3c(C)ccc4c(Nc5ccc(Cl)c(C(F)(F)F)c5)ncnc34)ccc2n1. The normalized spacial score (nSPS) is 11.7. The van der Waals surface area contributed by atoms with E-state index < -0.39 is 11.7 Å². The number of rotatable bonds is 4. The molecule has 0 saturated carbocycles. The van der Waals surface area contributed by atoms with Gasteiger partial charge in [-0.1, -0.05) is 23.7 Å². The lowest BCUT2D eigenvalue weighted by molar-refractivity contribution is -0.137. The van der Waals surface area contributed by atoms with Gasteiger partial charge in [0.05, 0.1) is 21.6 Å². The minimum absolute atomic E-state index is 0.215. The standard InChI is InChI=1S/C25H18ClF3N6/c1-13-3-6-17-22(21(13)14-4-8-20-15(9-14)11-31-24(30-2)35-20)32-12-33-23(17)34-16-5-7-19(26)18(10-16)25(27,28)29/h3-12H,1-2H3,(H,30,31,35)(H,32,33,34). The fourth-order valence-corrected chi connectivity index (χ4v) is 4.19. The molecule has 0 radical (unpaired) electrons. The van der Waals surface area contributed by atoms with Gasteiger partial charge in [-0.2, -0.15) is 13.2 Å². The number of aryl methyl sites for hydroxylation is 1. The molecule has 5 aromatic rings. The van der Waals surface area contributed by atoms with Gasteiger partial charge >= 0.3 is 6.18 Å². The van der Waals surface area contributed by atoms with Crippen molar-refractivity contribution in [1.82, 2.24) is 19.9 Å². The van der Waals surface area contributed by atoms with Crippen molar-refractivity contribution in [2.75, 3.05) is 17.7 Å². The zero-order valence-corrected chi connectivity index (χ0v) is 19.3. The Balaban J connectivity index is 1.61. The van der Waals surface area contributed by atoms with Crippen LogP contribution in [0.4, 0.5) is 30.6 Å². The maximum absolute atomic E-state index is 13.3. The molecule has 176 valence electrons. The first kappa shape index (κ1) is 22.8. The molecule has 0 spiro atoms. The number of nitrogens with zero attached hydrogens (tertiary/aromatic N) is 4. The number of benzene rings is 3. The summed E-state index contributed by atoms with van der Waals surface area (Å²) in [6.45, 7) is 1.98. The predicted molar refractivity (Wildman–Crippen MR) is 132 cm³/mol. The average molecular weight is 495 g/mol. The summed E-state index contributed by atoms with van der Waals surface area (Å²) in [5.41, 5.74) is 3.55. The number of fused-ring (bicyclic) bond motifs is 2. The van der Waals surface area contributed by atoms with Crippen LogP contribution in [0.25, 0.3) is 32.9 Å². The van der Waals surface area contributed by atoms with E-state index in [4.69, 9.17) is 11.6 Å². The van der Waals surface area contributed by atoms with Crippen molar-refractivity contribution in [3.63, 3.8) is 0 Å². The molecule has 0 unspecified atom stereocenters. The smallest absolute Gasteiger partial charge is 0.357 e. The highest BCUT2D eigenvalue weighted by molar-refractivity contribution is 6.31. The molecule has 0 aliphatic carbocycles. The zero-order chi connectivity index (χ0) is 24.7. The maximum Gasteiger partial charge on any atom is 0.417 e. The fourth-order valence-electron chi connectivity index (χ4n) is 3.96. The summed E-state index contributed by atoms with van der Waals surface area (Å²) >= 11 is 5.76.